The van der Waals surface area contributed by atoms with Gasteiger partial charge in [0, 0.05) is 19.3 Å². The normalized spacial score (nSPS) is 11.0. The SMILES string of the molecule is Cc1cc(NC(=O)N(C)CCC(=O)O)ccc1OCC(F)(F)F. The Kier molecular flexibility index (Phi) is 6.23. The number of aliphatic carboxylic acids is 1. The summed E-state index contributed by atoms with van der Waals surface area (Å²) >= 11 is 0. The number of ether oxygens (including phenoxy) is 1. The second-order valence-corrected chi connectivity index (χ2v) is 4.88. The van der Waals surface area contributed by atoms with Crippen LogP contribution in [0.25, 0.3) is 0 Å². The fraction of sp³-hybridized carbons (Fsp3) is 0.429. The van der Waals surface area contributed by atoms with Crippen LogP contribution in [0.2, 0.25) is 0 Å². The van der Waals surface area contributed by atoms with Crippen molar-refractivity contribution in [1.29, 1.82) is 0 Å². The van der Waals surface area contributed by atoms with Gasteiger partial charge in [0.1, 0.15) is 5.75 Å². The van der Waals surface area contributed by atoms with Crippen LogP contribution in [0.5, 0.6) is 5.75 Å². The van der Waals surface area contributed by atoms with Gasteiger partial charge in [-0.3, -0.25) is 4.79 Å². The average molecular weight is 334 g/mol. The van der Waals surface area contributed by atoms with Crippen molar-refractivity contribution in [2.24, 2.45) is 0 Å². The van der Waals surface area contributed by atoms with Gasteiger partial charge in [0.25, 0.3) is 0 Å². The molecule has 1 rings (SSSR count). The number of urea groups is 1. The highest BCUT2D eigenvalue weighted by atomic mass is 19.4. The molecule has 0 unspecified atom stereocenters. The molecule has 0 heterocycles. The van der Waals surface area contributed by atoms with E-state index >= 15 is 0 Å². The number of carboxylic acids is 1. The van der Waals surface area contributed by atoms with Crippen LogP contribution in [0.3, 0.4) is 0 Å². The highest BCUT2D eigenvalue weighted by Crippen LogP contribution is 2.24. The van der Waals surface area contributed by atoms with E-state index in [9.17, 15) is 22.8 Å². The molecule has 0 fully saturated rings. The molecule has 0 saturated carbocycles. The molecule has 0 spiro atoms. The highest BCUT2D eigenvalue weighted by Gasteiger charge is 2.28. The first-order valence-electron chi connectivity index (χ1n) is 6.62. The number of amides is 2. The number of nitrogens with one attached hydrogen (secondary N) is 1. The van der Waals surface area contributed by atoms with Crippen molar-refractivity contribution in [2.45, 2.75) is 19.5 Å². The van der Waals surface area contributed by atoms with Crippen LogP contribution < -0.4 is 10.1 Å². The Morgan fingerprint density at radius 1 is 1.35 bits per heavy atom. The molecule has 23 heavy (non-hydrogen) atoms. The van der Waals surface area contributed by atoms with Gasteiger partial charge in [-0.1, -0.05) is 0 Å². The molecule has 0 aromatic heterocycles. The Morgan fingerprint density at radius 2 is 2.00 bits per heavy atom. The molecule has 9 heteroatoms. The first kappa shape index (κ1) is 18.6. The number of rotatable bonds is 6. The third-order valence-corrected chi connectivity index (χ3v) is 2.83. The van der Waals surface area contributed by atoms with Crippen LogP contribution in [0, 0.1) is 6.92 Å². The lowest BCUT2D eigenvalue weighted by atomic mass is 10.2. The van der Waals surface area contributed by atoms with Gasteiger partial charge in [-0.25, -0.2) is 4.79 Å². The molecule has 6 nitrogen and oxygen atoms in total. The van der Waals surface area contributed by atoms with Gasteiger partial charge in [-0.05, 0) is 30.7 Å². The van der Waals surface area contributed by atoms with Crippen molar-refractivity contribution in [3.05, 3.63) is 23.8 Å². The predicted molar refractivity (Wildman–Crippen MR) is 76.6 cm³/mol. The molecule has 1 aromatic rings. The van der Waals surface area contributed by atoms with Crippen molar-refractivity contribution in [3.63, 3.8) is 0 Å². The van der Waals surface area contributed by atoms with Crippen molar-refractivity contribution >= 4 is 17.7 Å². The Labute approximate surface area is 130 Å². The standard InChI is InChI=1S/C14H17F3N2O4/c1-9-7-10(3-4-11(9)23-8-14(15,16)17)18-13(22)19(2)6-5-12(20)21/h3-4,7H,5-6,8H2,1-2H3,(H,18,22)(H,20,21). The summed E-state index contributed by atoms with van der Waals surface area (Å²) in [5.41, 5.74) is 0.800. The molecule has 0 radical (unpaired) electrons. The molecule has 0 aliphatic heterocycles. The van der Waals surface area contributed by atoms with Crippen molar-refractivity contribution in [2.75, 3.05) is 25.5 Å². The zero-order valence-corrected chi connectivity index (χ0v) is 12.6. The van der Waals surface area contributed by atoms with E-state index in [1.54, 1.807) is 6.92 Å². The fourth-order valence-corrected chi connectivity index (χ4v) is 1.63. The molecule has 0 aliphatic carbocycles. The van der Waals surface area contributed by atoms with Crippen molar-refractivity contribution in [3.8, 4) is 5.75 Å². The fourth-order valence-electron chi connectivity index (χ4n) is 1.63. The average Bonchev–Trinajstić information content (AvgIpc) is 2.42. The third kappa shape index (κ3) is 6.90. The van der Waals surface area contributed by atoms with Gasteiger partial charge >= 0.3 is 18.2 Å². The van der Waals surface area contributed by atoms with Crippen LogP contribution in [0.15, 0.2) is 18.2 Å². The summed E-state index contributed by atoms with van der Waals surface area (Å²) in [7, 11) is 1.44. The second-order valence-electron chi connectivity index (χ2n) is 4.88. The topological polar surface area (TPSA) is 78.9 Å². The number of aryl methyl sites for hydroxylation is 1. The molecule has 1 aromatic carbocycles. The summed E-state index contributed by atoms with van der Waals surface area (Å²) in [6.07, 6.45) is -4.61. The predicted octanol–water partition coefficient (Wildman–Crippen LogP) is 2.87. The molecule has 0 aliphatic rings. The largest absolute Gasteiger partial charge is 0.484 e. The molecule has 128 valence electrons. The first-order valence-corrected chi connectivity index (χ1v) is 6.62. The number of nitrogens with zero attached hydrogens (tertiary/aromatic N) is 1. The number of anilines is 1. The minimum Gasteiger partial charge on any atom is -0.484 e. The number of halogens is 3. The van der Waals surface area contributed by atoms with Crippen molar-refractivity contribution < 1.29 is 32.6 Å². The Balaban J connectivity index is 2.63. The van der Waals surface area contributed by atoms with Crippen LogP contribution in [-0.4, -0.2) is 48.4 Å². The van der Waals surface area contributed by atoms with Gasteiger partial charge in [-0.15, -0.1) is 0 Å². The van der Waals surface area contributed by atoms with E-state index in [2.05, 4.69) is 10.1 Å². The number of benzene rings is 1. The molecule has 0 saturated heterocycles. The third-order valence-electron chi connectivity index (χ3n) is 2.83. The molecular weight excluding hydrogens is 317 g/mol. The summed E-state index contributed by atoms with van der Waals surface area (Å²) in [6, 6.07) is 3.68. The smallest absolute Gasteiger partial charge is 0.422 e. The van der Waals surface area contributed by atoms with E-state index in [1.807, 2.05) is 0 Å². The van der Waals surface area contributed by atoms with Crippen LogP contribution in [0.1, 0.15) is 12.0 Å². The minimum atomic E-state index is -4.42. The number of carbonyl (C=O) groups excluding carboxylic acids is 1. The van der Waals surface area contributed by atoms with Crippen LogP contribution in [0.4, 0.5) is 23.7 Å². The van der Waals surface area contributed by atoms with Gasteiger partial charge in [0.2, 0.25) is 0 Å². The summed E-state index contributed by atoms with van der Waals surface area (Å²) in [5.74, 6) is -0.953. The first-order chi connectivity index (χ1) is 10.6. The van der Waals surface area contributed by atoms with E-state index in [0.29, 0.717) is 11.3 Å². The van der Waals surface area contributed by atoms with Gasteiger partial charge in [-0.2, -0.15) is 13.2 Å². The van der Waals surface area contributed by atoms with E-state index in [1.165, 1.54) is 30.1 Å². The van der Waals surface area contributed by atoms with Crippen molar-refractivity contribution in [1.82, 2.24) is 4.90 Å². The van der Waals surface area contributed by atoms with E-state index in [0.717, 1.165) is 0 Å². The minimum absolute atomic E-state index is 0.0346. The second kappa shape index (κ2) is 7.70. The number of hydrogen-bond donors (Lipinski definition) is 2. The Bertz CT molecular complexity index is 576. The van der Waals surface area contributed by atoms with Gasteiger partial charge < -0.3 is 20.1 Å². The Morgan fingerprint density at radius 3 is 2.52 bits per heavy atom. The molecular formula is C14H17F3N2O4. The zero-order valence-electron chi connectivity index (χ0n) is 12.6. The highest BCUT2D eigenvalue weighted by molar-refractivity contribution is 5.89. The summed E-state index contributed by atoms with van der Waals surface area (Å²) in [6.45, 7) is 0.194. The van der Waals surface area contributed by atoms with E-state index in [-0.39, 0.29) is 18.7 Å². The lowest BCUT2D eigenvalue weighted by Gasteiger charge is -2.18. The quantitative estimate of drug-likeness (QED) is 0.838. The molecule has 0 atom stereocenters. The molecule has 2 N–H and O–H groups in total. The zero-order chi connectivity index (χ0) is 17.6. The number of alkyl halides is 3. The summed E-state index contributed by atoms with van der Waals surface area (Å²) in [4.78, 5) is 23.5. The van der Waals surface area contributed by atoms with Gasteiger partial charge in [0.15, 0.2) is 6.61 Å². The van der Waals surface area contributed by atoms with E-state index < -0.39 is 24.8 Å². The lowest BCUT2D eigenvalue weighted by Crippen LogP contribution is -2.33. The van der Waals surface area contributed by atoms with Gasteiger partial charge in [0.05, 0.1) is 6.42 Å². The monoisotopic (exact) mass is 334 g/mol. The summed E-state index contributed by atoms with van der Waals surface area (Å²) < 4.78 is 41.0. The maximum Gasteiger partial charge on any atom is 0.422 e. The van der Waals surface area contributed by atoms with Crippen LogP contribution in [-0.2, 0) is 4.79 Å². The number of hydrogen-bond acceptors (Lipinski definition) is 3. The van der Waals surface area contributed by atoms with Crippen LogP contribution >= 0.6 is 0 Å². The summed E-state index contributed by atoms with van der Waals surface area (Å²) in [5, 5.41) is 11.1. The maximum absolute atomic E-state index is 12.1. The lowest BCUT2D eigenvalue weighted by molar-refractivity contribution is -0.153. The molecule has 2 amide bonds. The maximum atomic E-state index is 12.1. The number of carboxylic acid groups (broad SMARTS) is 1. The van der Waals surface area contributed by atoms with E-state index in [4.69, 9.17) is 5.11 Å². The molecule has 0 bridgehead atoms. The number of carbonyl (C=O) groups is 2. The Hall–Kier alpha value is -2.45.